The van der Waals surface area contributed by atoms with Gasteiger partial charge in [-0.25, -0.2) is 28.2 Å². The highest BCUT2D eigenvalue weighted by atomic mass is 19.3. The topological polar surface area (TPSA) is 85.2 Å². The molecule has 0 saturated carbocycles. The standard InChI is InChI=1S/C18H21F2N7/c1-11(21)12-3-2-6-26(9-12)17-7-14(23-10-24-17)15-8-22-16-5-4-13(18(19)20)25-27(15)16/h4-5,7-8,10-12,18H,2-3,6,9,21H2,1H3. The van der Waals surface area contributed by atoms with Crippen molar-refractivity contribution in [1.29, 1.82) is 0 Å². The van der Waals surface area contributed by atoms with E-state index in [0.29, 0.717) is 23.0 Å². The third-order valence-electron chi connectivity index (χ3n) is 5.05. The molecule has 1 saturated heterocycles. The molecule has 4 heterocycles. The van der Waals surface area contributed by atoms with Crippen molar-refractivity contribution in [3.8, 4) is 11.4 Å². The minimum atomic E-state index is -2.64. The lowest BCUT2D eigenvalue weighted by Gasteiger charge is -2.35. The zero-order valence-corrected chi connectivity index (χ0v) is 15.0. The van der Waals surface area contributed by atoms with Gasteiger partial charge in [-0.05, 0) is 37.8 Å². The molecule has 9 heteroatoms. The average Bonchev–Trinajstić information content (AvgIpc) is 3.11. The van der Waals surface area contributed by atoms with Gasteiger partial charge in [-0.2, -0.15) is 5.10 Å². The second kappa shape index (κ2) is 7.15. The van der Waals surface area contributed by atoms with Crippen molar-refractivity contribution in [1.82, 2.24) is 24.6 Å². The summed E-state index contributed by atoms with van der Waals surface area (Å²) in [6.45, 7) is 3.78. The fourth-order valence-corrected chi connectivity index (χ4v) is 3.49. The van der Waals surface area contributed by atoms with Crippen LogP contribution in [-0.2, 0) is 0 Å². The van der Waals surface area contributed by atoms with Gasteiger partial charge < -0.3 is 10.6 Å². The molecule has 1 aliphatic rings. The van der Waals surface area contributed by atoms with Crippen molar-refractivity contribution >= 4 is 11.5 Å². The van der Waals surface area contributed by atoms with Gasteiger partial charge in [-0.3, -0.25) is 0 Å². The number of nitrogens with two attached hydrogens (primary N) is 1. The molecule has 0 radical (unpaired) electrons. The van der Waals surface area contributed by atoms with Gasteiger partial charge >= 0.3 is 0 Å². The smallest absolute Gasteiger partial charge is 0.282 e. The summed E-state index contributed by atoms with van der Waals surface area (Å²) in [6, 6.07) is 4.79. The number of rotatable bonds is 4. The van der Waals surface area contributed by atoms with Crippen LogP contribution in [0.4, 0.5) is 14.6 Å². The number of hydrogen-bond acceptors (Lipinski definition) is 6. The van der Waals surface area contributed by atoms with Gasteiger partial charge in [-0.15, -0.1) is 0 Å². The molecule has 7 nitrogen and oxygen atoms in total. The summed E-state index contributed by atoms with van der Waals surface area (Å²) in [5.74, 6) is 1.22. The number of imidazole rings is 1. The molecule has 0 aliphatic carbocycles. The van der Waals surface area contributed by atoms with Gasteiger partial charge in [0, 0.05) is 25.2 Å². The van der Waals surface area contributed by atoms with E-state index in [2.05, 4.69) is 25.0 Å². The number of alkyl halides is 2. The van der Waals surface area contributed by atoms with E-state index >= 15 is 0 Å². The Morgan fingerprint density at radius 2 is 2.07 bits per heavy atom. The minimum absolute atomic E-state index is 0.129. The Morgan fingerprint density at radius 1 is 1.22 bits per heavy atom. The van der Waals surface area contributed by atoms with Gasteiger partial charge in [-0.1, -0.05) is 0 Å². The Morgan fingerprint density at radius 3 is 2.85 bits per heavy atom. The van der Waals surface area contributed by atoms with E-state index in [9.17, 15) is 8.78 Å². The van der Waals surface area contributed by atoms with Crippen LogP contribution in [0.15, 0.2) is 30.7 Å². The fourth-order valence-electron chi connectivity index (χ4n) is 3.49. The van der Waals surface area contributed by atoms with E-state index in [-0.39, 0.29) is 11.7 Å². The van der Waals surface area contributed by atoms with Crippen LogP contribution >= 0.6 is 0 Å². The highest BCUT2D eigenvalue weighted by Crippen LogP contribution is 2.26. The van der Waals surface area contributed by atoms with Crippen LogP contribution in [0, 0.1) is 5.92 Å². The summed E-state index contributed by atoms with van der Waals surface area (Å²) >= 11 is 0. The largest absolute Gasteiger partial charge is 0.356 e. The molecule has 0 bridgehead atoms. The van der Waals surface area contributed by atoms with Crippen LogP contribution in [-0.4, -0.2) is 43.7 Å². The highest BCUT2D eigenvalue weighted by Gasteiger charge is 2.24. The molecule has 142 valence electrons. The number of aromatic nitrogens is 5. The predicted octanol–water partition coefficient (Wildman–Crippen LogP) is 2.69. The van der Waals surface area contributed by atoms with Crippen LogP contribution in [0.5, 0.6) is 0 Å². The highest BCUT2D eigenvalue weighted by molar-refractivity contribution is 5.62. The number of hydrogen-bond donors (Lipinski definition) is 1. The van der Waals surface area contributed by atoms with Crippen LogP contribution in [0.3, 0.4) is 0 Å². The van der Waals surface area contributed by atoms with Crippen molar-refractivity contribution in [2.24, 2.45) is 11.7 Å². The first kappa shape index (κ1) is 17.7. The Hall–Kier alpha value is -2.68. The Kier molecular flexibility index (Phi) is 4.69. The maximum atomic E-state index is 13.0. The van der Waals surface area contributed by atoms with E-state index in [0.717, 1.165) is 31.7 Å². The second-order valence-corrected chi connectivity index (χ2v) is 6.94. The Labute approximate surface area is 155 Å². The summed E-state index contributed by atoms with van der Waals surface area (Å²) in [5.41, 5.74) is 7.41. The number of halogens is 2. The monoisotopic (exact) mass is 373 g/mol. The van der Waals surface area contributed by atoms with Gasteiger partial charge in [0.1, 0.15) is 23.5 Å². The van der Waals surface area contributed by atoms with E-state index in [1.54, 1.807) is 6.20 Å². The van der Waals surface area contributed by atoms with Crippen LogP contribution in [0.25, 0.3) is 17.0 Å². The molecule has 0 aromatic carbocycles. The molecule has 0 amide bonds. The minimum Gasteiger partial charge on any atom is -0.356 e. The summed E-state index contributed by atoms with van der Waals surface area (Å²) in [5, 5.41) is 4.00. The van der Waals surface area contributed by atoms with Crippen LogP contribution in [0.2, 0.25) is 0 Å². The lowest BCUT2D eigenvalue weighted by Crippen LogP contribution is -2.42. The van der Waals surface area contributed by atoms with Gasteiger partial charge in [0.25, 0.3) is 6.43 Å². The fraction of sp³-hybridized carbons (Fsp3) is 0.444. The zero-order valence-electron chi connectivity index (χ0n) is 15.0. The molecule has 3 aromatic heterocycles. The SMILES string of the molecule is CC(N)C1CCCN(c2cc(-c3cnc4ccc(C(F)F)nn34)ncn2)C1. The maximum Gasteiger partial charge on any atom is 0.282 e. The van der Waals surface area contributed by atoms with E-state index in [4.69, 9.17) is 5.73 Å². The normalized spacial score (nSPS) is 19.0. The van der Waals surface area contributed by atoms with E-state index in [1.165, 1.54) is 23.0 Å². The molecular weight excluding hydrogens is 352 g/mol. The molecule has 2 atom stereocenters. The molecule has 0 spiro atoms. The first-order valence-corrected chi connectivity index (χ1v) is 8.98. The first-order valence-electron chi connectivity index (χ1n) is 8.98. The lowest BCUT2D eigenvalue weighted by molar-refractivity contribution is 0.144. The molecule has 3 aromatic rings. The van der Waals surface area contributed by atoms with Crippen molar-refractivity contribution in [2.75, 3.05) is 18.0 Å². The molecule has 1 aliphatic heterocycles. The second-order valence-electron chi connectivity index (χ2n) is 6.94. The lowest BCUT2D eigenvalue weighted by atomic mass is 9.92. The summed E-state index contributed by atoms with van der Waals surface area (Å²) in [6.07, 6.45) is 2.59. The van der Waals surface area contributed by atoms with Crippen molar-refractivity contribution in [3.63, 3.8) is 0 Å². The number of fused-ring (bicyclic) bond motifs is 1. The summed E-state index contributed by atoms with van der Waals surface area (Å²) < 4.78 is 27.4. The maximum absolute atomic E-state index is 13.0. The quantitative estimate of drug-likeness (QED) is 0.757. The van der Waals surface area contributed by atoms with Gasteiger partial charge in [0.05, 0.1) is 11.9 Å². The van der Waals surface area contributed by atoms with Gasteiger partial charge in [0.2, 0.25) is 0 Å². The first-order chi connectivity index (χ1) is 13.0. The molecule has 27 heavy (non-hydrogen) atoms. The summed E-state index contributed by atoms with van der Waals surface area (Å²) in [7, 11) is 0. The van der Waals surface area contributed by atoms with Crippen molar-refractivity contribution in [2.45, 2.75) is 32.2 Å². The van der Waals surface area contributed by atoms with Crippen LogP contribution in [0.1, 0.15) is 31.9 Å². The Bertz CT molecular complexity index is 940. The predicted molar refractivity (Wildman–Crippen MR) is 97.6 cm³/mol. The van der Waals surface area contributed by atoms with E-state index in [1.807, 2.05) is 13.0 Å². The van der Waals surface area contributed by atoms with Crippen LogP contribution < -0.4 is 10.6 Å². The number of anilines is 1. The number of nitrogens with zero attached hydrogens (tertiary/aromatic N) is 6. The molecule has 2 unspecified atom stereocenters. The van der Waals surface area contributed by atoms with E-state index < -0.39 is 6.43 Å². The van der Waals surface area contributed by atoms with Crippen molar-refractivity contribution < 1.29 is 8.78 Å². The average molecular weight is 373 g/mol. The number of piperidine rings is 1. The third kappa shape index (κ3) is 3.46. The summed E-state index contributed by atoms with van der Waals surface area (Å²) in [4.78, 5) is 15.1. The molecular formula is C18H21F2N7. The Balaban J connectivity index is 1.68. The zero-order chi connectivity index (χ0) is 19.0. The molecule has 2 N–H and O–H groups in total. The van der Waals surface area contributed by atoms with Crippen molar-refractivity contribution in [3.05, 3.63) is 36.4 Å². The molecule has 1 fully saturated rings. The molecule has 4 rings (SSSR count). The third-order valence-corrected chi connectivity index (χ3v) is 5.05. The van der Waals surface area contributed by atoms with Gasteiger partial charge in [0.15, 0.2) is 5.65 Å².